The van der Waals surface area contributed by atoms with Crippen LogP contribution in [0, 0.1) is 24.3 Å². The summed E-state index contributed by atoms with van der Waals surface area (Å²) in [7, 11) is 0. The molecule has 1 N–H and O–H groups in total. The molecular formula is C40H40IrNO4-. The number of carbonyl (C=O) groups excluding carboxylic acids is 1. The van der Waals surface area contributed by atoms with Gasteiger partial charge in [-0.2, -0.15) is 0 Å². The number of hydrogen-bond acceptors (Lipinski definition) is 5. The van der Waals surface area contributed by atoms with Crippen LogP contribution in [0.5, 0.6) is 11.5 Å². The van der Waals surface area contributed by atoms with E-state index in [1.54, 1.807) is 0 Å². The fourth-order valence-corrected chi connectivity index (χ4v) is 6.34. The van der Waals surface area contributed by atoms with Crippen molar-refractivity contribution < 1.29 is 39.2 Å². The molecule has 0 atom stereocenters. The molecule has 7 rings (SSSR count). The Hall–Kier alpha value is -3.99. The number of aliphatic hydroxyl groups is 1. The van der Waals surface area contributed by atoms with Gasteiger partial charge in [0.05, 0.1) is 11.5 Å². The van der Waals surface area contributed by atoms with Crippen molar-refractivity contribution in [1.29, 1.82) is 0 Å². The van der Waals surface area contributed by atoms with Crippen LogP contribution < -0.4 is 4.74 Å². The van der Waals surface area contributed by atoms with E-state index in [0.717, 1.165) is 97.5 Å². The molecule has 4 aromatic carbocycles. The van der Waals surface area contributed by atoms with Crippen molar-refractivity contribution in [3.05, 3.63) is 90.3 Å². The molecule has 0 aliphatic carbocycles. The Kier molecular flexibility index (Phi) is 9.72. The summed E-state index contributed by atoms with van der Waals surface area (Å²) >= 11 is 0. The van der Waals surface area contributed by atoms with E-state index < -0.39 is 0 Å². The van der Waals surface area contributed by atoms with Crippen molar-refractivity contribution >= 4 is 49.3 Å². The third-order valence-corrected chi connectivity index (χ3v) is 9.80. The van der Waals surface area contributed by atoms with Crippen LogP contribution in [0.4, 0.5) is 0 Å². The monoisotopic (exact) mass is 791 g/mol. The van der Waals surface area contributed by atoms with Crippen LogP contribution in [0.3, 0.4) is 0 Å². The first kappa shape index (κ1) is 33.4. The number of hydrogen-bond donors (Lipinski definition) is 1. The normalized spacial score (nSPS) is 12.5. The summed E-state index contributed by atoms with van der Waals surface area (Å²) in [5.74, 6) is 2.09. The smallest absolute Gasteiger partial charge is 0.164 e. The number of fused-ring (bicyclic) bond motifs is 7. The molecule has 5 nitrogen and oxygen atoms in total. The Morgan fingerprint density at radius 1 is 0.957 bits per heavy atom. The summed E-state index contributed by atoms with van der Waals surface area (Å²) in [5.41, 5.74) is 4.35. The molecule has 0 amide bonds. The van der Waals surface area contributed by atoms with Gasteiger partial charge >= 0.3 is 0 Å². The van der Waals surface area contributed by atoms with Gasteiger partial charge < -0.3 is 14.3 Å². The molecular weight excluding hydrogens is 751 g/mol. The van der Waals surface area contributed by atoms with Crippen LogP contribution in [0.1, 0.15) is 65.9 Å². The van der Waals surface area contributed by atoms with E-state index in [2.05, 4.69) is 37.3 Å². The third-order valence-electron chi connectivity index (χ3n) is 9.80. The predicted octanol–water partition coefficient (Wildman–Crippen LogP) is 11.4. The molecule has 0 unspecified atom stereocenters. The molecule has 0 saturated heterocycles. The van der Waals surface area contributed by atoms with Crippen LogP contribution in [0.15, 0.2) is 83.1 Å². The first-order valence-corrected chi connectivity index (χ1v) is 16.0. The molecule has 0 spiro atoms. The molecule has 1 aliphatic heterocycles. The molecule has 0 bridgehead atoms. The average molecular weight is 791 g/mol. The summed E-state index contributed by atoms with van der Waals surface area (Å²) in [6.45, 7) is 12.2. The maximum absolute atomic E-state index is 12.0. The van der Waals surface area contributed by atoms with E-state index in [4.69, 9.17) is 14.1 Å². The largest absolute Gasteiger partial charge is 0.512 e. The van der Waals surface area contributed by atoms with Crippen molar-refractivity contribution in [2.75, 3.05) is 0 Å². The van der Waals surface area contributed by atoms with Crippen LogP contribution in [0.25, 0.3) is 54.7 Å². The molecule has 3 heterocycles. The van der Waals surface area contributed by atoms with Crippen LogP contribution in [0.2, 0.25) is 0 Å². The van der Waals surface area contributed by atoms with Crippen molar-refractivity contribution in [3.8, 4) is 22.8 Å². The van der Waals surface area contributed by atoms with Crippen LogP contribution in [-0.2, 0) is 24.9 Å². The SMILES string of the molecule is CCC(CC)/C(O)=C/C(=O)C(C)(CC)CC.Cc1c2c([c-]c3ccccc13)-c1nccc3c1c(cc1c4ccccc4oc31)O2.[Ir]. The van der Waals surface area contributed by atoms with E-state index >= 15 is 0 Å². The van der Waals surface area contributed by atoms with Gasteiger partial charge in [-0.3, -0.25) is 9.78 Å². The number of benzene rings is 4. The second-order valence-corrected chi connectivity index (χ2v) is 12.2. The second kappa shape index (κ2) is 13.4. The molecule has 6 heteroatoms. The molecule has 0 fully saturated rings. The van der Waals surface area contributed by atoms with Gasteiger partial charge in [-0.25, -0.2) is 0 Å². The number of furan rings is 1. The zero-order valence-corrected chi connectivity index (χ0v) is 29.7. The van der Waals surface area contributed by atoms with Gasteiger partial charge in [-0.05, 0) is 50.8 Å². The van der Waals surface area contributed by atoms with Gasteiger partial charge in [0.1, 0.15) is 16.9 Å². The molecule has 2 aromatic heterocycles. The van der Waals surface area contributed by atoms with Gasteiger partial charge in [-0.15, -0.1) is 17.5 Å². The van der Waals surface area contributed by atoms with Gasteiger partial charge in [0.15, 0.2) is 5.78 Å². The number of aryl methyl sites for hydroxylation is 1. The van der Waals surface area contributed by atoms with Gasteiger partial charge in [0, 0.05) is 70.9 Å². The standard InChI is InChI=1S/C26H14NO2.C14H26O2.Ir/c1-14-16-7-3-2-6-15(16)12-20-24-23-18(10-11-27-24)26-19(13-22(23)29-25(14)20)17-8-4-5-9-21(17)28-26;1-6-11(7-2)12(15)10-13(16)14(5,8-3)9-4;/h2-11,13H,1H3;10-11,15H,6-9H2,1-5H3;/q-1;;/b;12-10-;. The number of nitrogens with zero attached hydrogens (tertiary/aromatic N) is 1. The van der Waals surface area contributed by atoms with E-state index in [9.17, 15) is 9.90 Å². The Balaban J connectivity index is 0.000000213. The zero-order valence-electron chi connectivity index (χ0n) is 27.3. The Morgan fingerprint density at radius 3 is 2.33 bits per heavy atom. The van der Waals surface area contributed by atoms with Gasteiger partial charge in [0.2, 0.25) is 0 Å². The second-order valence-electron chi connectivity index (χ2n) is 12.2. The first-order chi connectivity index (χ1) is 21.7. The van der Waals surface area contributed by atoms with Crippen molar-refractivity contribution in [2.45, 2.75) is 67.2 Å². The Labute approximate surface area is 284 Å². The quantitative estimate of drug-likeness (QED) is 0.0989. The third kappa shape index (κ3) is 5.63. The Bertz CT molecular complexity index is 2100. The topological polar surface area (TPSA) is 72.6 Å². The summed E-state index contributed by atoms with van der Waals surface area (Å²) in [5, 5.41) is 16.2. The summed E-state index contributed by atoms with van der Waals surface area (Å²) < 4.78 is 12.7. The molecule has 1 radical (unpaired) electrons. The number of pyridine rings is 1. The van der Waals surface area contributed by atoms with Crippen LogP contribution in [-0.4, -0.2) is 15.9 Å². The maximum Gasteiger partial charge on any atom is 0.164 e. The number of ether oxygens (including phenoxy) is 1. The number of aromatic nitrogens is 1. The summed E-state index contributed by atoms with van der Waals surface area (Å²) in [6, 6.07) is 24.0. The zero-order chi connectivity index (χ0) is 31.9. The van der Waals surface area contributed by atoms with Crippen molar-refractivity contribution in [2.24, 2.45) is 11.3 Å². The maximum atomic E-state index is 12.0. The average Bonchev–Trinajstić information content (AvgIpc) is 3.45. The van der Waals surface area contributed by atoms with E-state index in [1.165, 1.54) is 6.08 Å². The minimum atomic E-state index is -0.319. The fraction of sp³-hybridized carbons (Fsp3) is 0.300. The Morgan fingerprint density at radius 2 is 1.63 bits per heavy atom. The van der Waals surface area contributed by atoms with Crippen LogP contribution >= 0.6 is 0 Å². The van der Waals surface area contributed by atoms with Crippen molar-refractivity contribution in [3.63, 3.8) is 0 Å². The number of para-hydroxylation sites is 1. The summed E-state index contributed by atoms with van der Waals surface area (Å²) in [6.07, 6.45) is 6.68. The molecule has 0 saturated carbocycles. The number of rotatable bonds is 7. The van der Waals surface area contributed by atoms with Gasteiger partial charge in [-0.1, -0.05) is 87.5 Å². The molecule has 1 aliphatic rings. The first-order valence-electron chi connectivity index (χ1n) is 16.0. The van der Waals surface area contributed by atoms with E-state index in [-0.39, 0.29) is 43.0 Å². The van der Waals surface area contributed by atoms with E-state index in [0.29, 0.717) is 0 Å². The minimum absolute atomic E-state index is 0. The molecule has 6 aromatic rings. The van der Waals surface area contributed by atoms with Gasteiger partial charge in [0.25, 0.3) is 0 Å². The number of allylic oxidation sites excluding steroid dienone is 2. The predicted molar refractivity (Wildman–Crippen MR) is 184 cm³/mol. The number of ketones is 1. The fourth-order valence-electron chi connectivity index (χ4n) is 6.34. The molecule has 46 heavy (non-hydrogen) atoms. The van der Waals surface area contributed by atoms with Crippen molar-refractivity contribution in [1.82, 2.24) is 4.98 Å². The minimum Gasteiger partial charge on any atom is -0.512 e. The number of carbonyl (C=O) groups is 1. The summed E-state index contributed by atoms with van der Waals surface area (Å²) in [4.78, 5) is 16.8. The van der Waals surface area contributed by atoms with E-state index in [1.807, 2.05) is 77.2 Å². The number of aliphatic hydroxyl groups excluding tert-OH is 1. The molecule has 239 valence electrons.